The first kappa shape index (κ1) is 12.4. The second-order valence-corrected chi connectivity index (χ2v) is 4.47. The zero-order valence-electron chi connectivity index (χ0n) is 10.4. The molecule has 0 fully saturated rings. The minimum atomic E-state index is -0.0883. The lowest BCUT2D eigenvalue weighted by atomic mass is 9.99. The number of hydrogen-bond acceptors (Lipinski definition) is 3. The fraction of sp³-hybridized carbons (Fsp3) is 0.571. The summed E-state index contributed by atoms with van der Waals surface area (Å²) in [6.07, 6.45) is 3.21. The maximum absolute atomic E-state index is 6.15. The SMILES string of the molecule is CCCOCC(N)c1cccc2c1OCCC2. The van der Waals surface area contributed by atoms with E-state index >= 15 is 0 Å². The number of ether oxygens (including phenoxy) is 2. The van der Waals surface area contributed by atoms with Crippen LogP contribution < -0.4 is 10.5 Å². The summed E-state index contributed by atoms with van der Waals surface area (Å²) < 4.78 is 11.3. The van der Waals surface area contributed by atoms with Crippen molar-refractivity contribution >= 4 is 0 Å². The van der Waals surface area contributed by atoms with Gasteiger partial charge in [-0.3, -0.25) is 0 Å². The van der Waals surface area contributed by atoms with Gasteiger partial charge < -0.3 is 15.2 Å². The maximum atomic E-state index is 6.15. The molecule has 3 nitrogen and oxygen atoms in total. The fourth-order valence-electron chi connectivity index (χ4n) is 2.15. The number of benzene rings is 1. The van der Waals surface area contributed by atoms with Gasteiger partial charge in [0.15, 0.2) is 0 Å². The first-order chi connectivity index (χ1) is 8.33. The van der Waals surface area contributed by atoms with E-state index in [1.807, 2.05) is 6.07 Å². The van der Waals surface area contributed by atoms with Gasteiger partial charge in [0.25, 0.3) is 0 Å². The van der Waals surface area contributed by atoms with E-state index in [2.05, 4.69) is 19.1 Å². The largest absolute Gasteiger partial charge is 0.493 e. The zero-order valence-corrected chi connectivity index (χ0v) is 10.4. The van der Waals surface area contributed by atoms with E-state index in [0.717, 1.165) is 43.8 Å². The molecule has 1 heterocycles. The molecule has 0 amide bonds. The Labute approximate surface area is 103 Å². The molecule has 0 radical (unpaired) electrons. The highest BCUT2D eigenvalue weighted by Crippen LogP contribution is 2.32. The minimum absolute atomic E-state index is 0.0883. The number of fused-ring (bicyclic) bond motifs is 1. The summed E-state index contributed by atoms with van der Waals surface area (Å²) in [5.41, 5.74) is 8.51. The summed E-state index contributed by atoms with van der Waals surface area (Å²) in [4.78, 5) is 0. The molecule has 2 N–H and O–H groups in total. The average molecular weight is 235 g/mol. The van der Waals surface area contributed by atoms with Crippen LogP contribution in [0, 0.1) is 0 Å². The van der Waals surface area contributed by atoms with Crippen LogP contribution in [0.15, 0.2) is 18.2 Å². The van der Waals surface area contributed by atoms with E-state index in [4.69, 9.17) is 15.2 Å². The van der Waals surface area contributed by atoms with Crippen molar-refractivity contribution in [2.24, 2.45) is 5.73 Å². The third kappa shape index (κ3) is 2.99. The van der Waals surface area contributed by atoms with Crippen molar-refractivity contribution in [2.75, 3.05) is 19.8 Å². The zero-order chi connectivity index (χ0) is 12.1. The Morgan fingerprint density at radius 1 is 1.47 bits per heavy atom. The van der Waals surface area contributed by atoms with Crippen molar-refractivity contribution in [1.82, 2.24) is 0 Å². The van der Waals surface area contributed by atoms with Crippen LogP contribution in [0.2, 0.25) is 0 Å². The Balaban J connectivity index is 2.09. The summed E-state index contributed by atoms with van der Waals surface area (Å²) in [5, 5.41) is 0. The predicted octanol–water partition coefficient (Wildman–Crippen LogP) is 2.44. The fourth-order valence-corrected chi connectivity index (χ4v) is 2.15. The molecule has 2 rings (SSSR count). The number of nitrogens with two attached hydrogens (primary N) is 1. The van der Waals surface area contributed by atoms with Gasteiger partial charge >= 0.3 is 0 Å². The molecule has 1 aliphatic heterocycles. The number of aryl methyl sites for hydroxylation is 1. The molecule has 0 aliphatic carbocycles. The van der Waals surface area contributed by atoms with Crippen molar-refractivity contribution in [2.45, 2.75) is 32.2 Å². The second-order valence-electron chi connectivity index (χ2n) is 4.47. The van der Waals surface area contributed by atoms with Gasteiger partial charge in [0.1, 0.15) is 5.75 Å². The van der Waals surface area contributed by atoms with Gasteiger partial charge in [0.2, 0.25) is 0 Å². The molecule has 1 atom stereocenters. The molecule has 94 valence electrons. The molecular formula is C14H21NO2. The summed E-state index contributed by atoms with van der Waals surface area (Å²) in [7, 11) is 0. The van der Waals surface area contributed by atoms with E-state index in [1.54, 1.807) is 0 Å². The number of hydrogen-bond donors (Lipinski definition) is 1. The van der Waals surface area contributed by atoms with Gasteiger partial charge in [-0.05, 0) is 24.8 Å². The van der Waals surface area contributed by atoms with Crippen LogP contribution in [0.3, 0.4) is 0 Å². The standard InChI is InChI=1S/C14H21NO2/c1-2-8-16-10-13(15)12-7-3-5-11-6-4-9-17-14(11)12/h3,5,7,13H,2,4,6,8-10,15H2,1H3. The van der Waals surface area contributed by atoms with Crippen LogP contribution >= 0.6 is 0 Å². The third-order valence-corrected chi connectivity index (χ3v) is 3.01. The molecule has 1 aromatic carbocycles. The summed E-state index contributed by atoms with van der Waals surface area (Å²) in [6, 6.07) is 6.14. The van der Waals surface area contributed by atoms with E-state index in [0.29, 0.717) is 6.61 Å². The summed E-state index contributed by atoms with van der Waals surface area (Å²) in [5.74, 6) is 0.992. The Kier molecular flexibility index (Phi) is 4.40. The van der Waals surface area contributed by atoms with Crippen LogP contribution in [0.5, 0.6) is 5.75 Å². The topological polar surface area (TPSA) is 44.5 Å². The van der Waals surface area contributed by atoms with E-state index in [1.165, 1.54) is 5.56 Å². The lowest BCUT2D eigenvalue weighted by Crippen LogP contribution is -2.20. The van der Waals surface area contributed by atoms with Gasteiger partial charge in [-0.1, -0.05) is 25.1 Å². The Bertz CT molecular complexity index is 365. The first-order valence-corrected chi connectivity index (χ1v) is 6.41. The Morgan fingerprint density at radius 2 is 2.35 bits per heavy atom. The summed E-state index contributed by atoms with van der Waals surface area (Å²) >= 11 is 0. The average Bonchev–Trinajstić information content (AvgIpc) is 2.38. The highest BCUT2D eigenvalue weighted by molar-refractivity contribution is 5.44. The molecule has 3 heteroatoms. The predicted molar refractivity (Wildman–Crippen MR) is 68.3 cm³/mol. The molecule has 0 bridgehead atoms. The molecule has 1 aliphatic rings. The van der Waals surface area contributed by atoms with E-state index in [-0.39, 0.29) is 6.04 Å². The highest BCUT2D eigenvalue weighted by atomic mass is 16.5. The summed E-state index contributed by atoms with van der Waals surface area (Å²) in [6.45, 7) is 4.23. The third-order valence-electron chi connectivity index (χ3n) is 3.01. The van der Waals surface area contributed by atoms with Crippen molar-refractivity contribution in [3.05, 3.63) is 29.3 Å². The molecule has 1 aromatic rings. The van der Waals surface area contributed by atoms with E-state index in [9.17, 15) is 0 Å². The van der Waals surface area contributed by atoms with Gasteiger partial charge in [-0.2, -0.15) is 0 Å². The minimum Gasteiger partial charge on any atom is -0.493 e. The van der Waals surface area contributed by atoms with Gasteiger partial charge in [0, 0.05) is 12.2 Å². The molecule has 1 unspecified atom stereocenters. The smallest absolute Gasteiger partial charge is 0.127 e. The van der Waals surface area contributed by atoms with Gasteiger partial charge in [-0.25, -0.2) is 0 Å². The molecular weight excluding hydrogens is 214 g/mol. The molecule has 0 aromatic heterocycles. The van der Waals surface area contributed by atoms with Crippen LogP contribution in [0.1, 0.15) is 36.9 Å². The van der Waals surface area contributed by atoms with Gasteiger partial charge in [0.05, 0.1) is 19.3 Å². The van der Waals surface area contributed by atoms with Gasteiger partial charge in [-0.15, -0.1) is 0 Å². The monoisotopic (exact) mass is 235 g/mol. The maximum Gasteiger partial charge on any atom is 0.127 e. The molecule has 17 heavy (non-hydrogen) atoms. The number of para-hydroxylation sites is 1. The molecule has 0 spiro atoms. The lowest BCUT2D eigenvalue weighted by molar-refractivity contribution is 0.120. The quantitative estimate of drug-likeness (QED) is 0.797. The van der Waals surface area contributed by atoms with Crippen LogP contribution in [-0.2, 0) is 11.2 Å². The highest BCUT2D eigenvalue weighted by Gasteiger charge is 2.18. The number of rotatable bonds is 5. The van der Waals surface area contributed by atoms with Crippen molar-refractivity contribution in [1.29, 1.82) is 0 Å². The van der Waals surface area contributed by atoms with Crippen molar-refractivity contribution in [3.63, 3.8) is 0 Å². The second kappa shape index (κ2) is 6.03. The Morgan fingerprint density at radius 3 is 3.18 bits per heavy atom. The molecule has 0 saturated heterocycles. The molecule has 0 saturated carbocycles. The lowest BCUT2D eigenvalue weighted by Gasteiger charge is -2.23. The normalized spacial score (nSPS) is 16.1. The Hall–Kier alpha value is -1.06. The van der Waals surface area contributed by atoms with Crippen molar-refractivity contribution in [3.8, 4) is 5.75 Å². The van der Waals surface area contributed by atoms with Crippen LogP contribution in [-0.4, -0.2) is 19.8 Å². The van der Waals surface area contributed by atoms with E-state index < -0.39 is 0 Å². The van der Waals surface area contributed by atoms with Crippen LogP contribution in [0.4, 0.5) is 0 Å². The van der Waals surface area contributed by atoms with Crippen LogP contribution in [0.25, 0.3) is 0 Å². The van der Waals surface area contributed by atoms with Crippen molar-refractivity contribution < 1.29 is 9.47 Å². The first-order valence-electron chi connectivity index (χ1n) is 6.41.